The molecule has 1 aliphatic rings. The van der Waals surface area contributed by atoms with Crippen molar-refractivity contribution in [3.05, 3.63) is 54.5 Å². The highest BCUT2D eigenvalue weighted by molar-refractivity contribution is 6.03. The van der Waals surface area contributed by atoms with Crippen molar-refractivity contribution in [2.24, 2.45) is 0 Å². The van der Waals surface area contributed by atoms with Crippen LogP contribution in [0.15, 0.2) is 53.3 Å². The second kappa shape index (κ2) is 7.53. The molecule has 4 rings (SSSR count). The van der Waals surface area contributed by atoms with E-state index in [2.05, 4.69) is 15.6 Å². The molecule has 1 atom stereocenters. The Bertz CT molecular complexity index is 866. The van der Waals surface area contributed by atoms with Crippen molar-refractivity contribution < 1.29 is 14.1 Å². The van der Waals surface area contributed by atoms with Gasteiger partial charge in [0.2, 0.25) is 0 Å². The summed E-state index contributed by atoms with van der Waals surface area (Å²) in [6, 6.07) is 11.2. The van der Waals surface area contributed by atoms with E-state index >= 15 is 0 Å². The number of amides is 1. The third-order valence-corrected chi connectivity index (χ3v) is 4.36. The highest BCUT2D eigenvalue weighted by atomic mass is 16.5. The maximum Gasteiger partial charge on any atom is 0.277 e. The number of hydrogen-bond acceptors (Lipinski definition) is 5. The highest BCUT2D eigenvalue weighted by Crippen LogP contribution is 2.20. The monoisotopic (exact) mass is 352 g/mol. The highest BCUT2D eigenvalue weighted by Gasteiger charge is 2.17. The molecular formula is C19H20N4O3. The first-order valence-corrected chi connectivity index (χ1v) is 8.75. The maximum atomic E-state index is 12.4. The van der Waals surface area contributed by atoms with E-state index in [-0.39, 0.29) is 17.7 Å². The van der Waals surface area contributed by atoms with Crippen LogP contribution in [0.4, 0.5) is 5.69 Å². The summed E-state index contributed by atoms with van der Waals surface area (Å²) in [6.45, 7) is 1.50. The number of nitrogens with one attached hydrogen (secondary N) is 1. The molecule has 7 heteroatoms. The zero-order valence-electron chi connectivity index (χ0n) is 14.3. The Kier molecular flexibility index (Phi) is 4.79. The topological polar surface area (TPSA) is 82.2 Å². The Morgan fingerprint density at radius 3 is 2.96 bits per heavy atom. The van der Waals surface area contributed by atoms with Crippen LogP contribution >= 0.6 is 0 Å². The molecule has 0 bridgehead atoms. The van der Waals surface area contributed by atoms with E-state index in [1.807, 2.05) is 30.3 Å². The molecule has 26 heavy (non-hydrogen) atoms. The van der Waals surface area contributed by atoms with Crippen LogP contribution in [0.3, 0.4) is 0 Å². The van der Waals surface area contributed by atoms with E-state index in [0.717, 1.165) is 25.0 Å². The van der Waals surface area contributed by atoms with Crippen molar-refractivity contribution in [2.45, 2.75) is 31.9 Å². The molecule has 3 heterocycles. The molecule has 0 spiro atoms. The van der Waals surface area contributed by atoms with E-state index in [9.17, 15) is 4.79 Å². The van der Waals surface area contributed by atoms with E-state index in [0.29, 0.717) is 18.0 Å². The van der Waals surface area contributed by atoms with Crippen LogP contribution in [-0.2, 0) is 11.3 Å². The zero-order valence-corrected chi connectivity index (χ0v) is 14.3. The lowest BCUT2D eigenvalue weighted by molar-refractivity contribution is 0.00401. The van der Waals surface area contributed by atoms with Gasteiger partial charge >= 0.3 is 0 Å². The molecule has 0 radical (unpaired) electrons. The van der Waals surface area contributed by atoms with Gasteiger partial charge in [-0.15, -0.1) is 0 Å². The molecular weight excluding hydrogens is 332 g/mol. The SMILES string of the molecule is O=C(Nc1cnn(CC2CCCCO2)c1)c1cc(-c2ccccc2)on1. The van der Waals surface area contributed by atoms with Gasteiger partial charge in [-0.3, -0.25) is 9.48 Å². The number of nitrogens with zero attached hydrogens (tertiary/aromatic N) is 3. The number of ether oxygens (including phenoxy) is 1. The molecule has 1 saturated heterocycles. The summed E-state index contributed by atoms with van der Waals surface area (Å²) >= 11 is 0. The van der Waals surface area contributed by atoms with Gasteiger partial charge in [0.1, 0.15) is 0 Å². The first-order chi connectivity index (χ1) is 12.8. The quantitative estimate of drug-likeness (QED) is 0.761. The summed E-state index contributed by atoms with van der Waals surface area (Å²) in [5.74, 6) is 0.227. The maximum absolute atomic E-state index is 12.4. The largest absolute Gasteiger partial charge is 0.376 e. The van der Waals surface area contributed by atoms with Gasteiger partial charge in [-0.05, 0) is 19.3 Å². The third kappa shape index (κ3) is 3.83. The van der Waals surface area contributed by atoms with Crippen LogP contribution in [0.5, 0.6) is 0 Å². The molecule has 1 aliphatic heterocycles. The molecule has 134 valence electrons. The van der Waals surface area contributed by atoms with Crippen molar-refractivity contribution in [1.82, 2.24) is 14.9 Å². The van der Waals surface area contributed by atoms with Crippen molar-refractivity contribution in [3.8, 4) is 11.3 Å². The molecule has 1 unspecified atom stereocenters. The Morgan fingerprint density at radius 2 is 2.15 bits per heavy atom. The fourth-order valence-corrected chi connectivity index (χ4v) is 3.00. The van der Waals surface area contributed by atoms with Gasteiger partial charge < -0.3 is 14.6 Å². The standard InChI is InChI=1S/C19H20N4O3/c24-19(17-10-18(26-22-17)14-6-2-1-3-7-14)21-15-11-20-23(12-15)13-16-8-4-5-9-25-16/h1-3,6-7,10-12,16H,4-5,8-9,13H2,(H,21,24). The average Bonchev–Trinajstić information content (AvgIpc) is 3.33. The minimum Gasteiger partial charge on any atom is -0.376 e. The van der Waals surface area contributed by atoms with Crippen LogP contribution in [-0.4, -0.2) is 33.6 Å². The van der Waals surface area contributed by atoms with Crippen molar-refractivity contribution >= 4 is 11.6 Å². The molecule has 0 aliphatic carbocycles. The number of carbonyl (C=O) groups excluding carboxylic acids is 1. The number of rotatable bonds is 5. The molecule has 1 amide bonds. The third-order valence-electron chi connectivity index (χ3n) is 4.36. The van der Waals surface area contributed by atoms with Gasteiger partial charge in [0.15, 0.2) is 11.5 Å². The van der Waals surface area contributed by atoms with Crippen LogP contribution in [0.1, 0.15) is 29.8 Å². The van der Waals surface area contributed by atoms with Crippen molar-refractivity contribution in [1.29, 1.82) is 0 Å². The zero-order chi connectivity index (χ0) is 17.8. The summed E-state index contributed by atoms with van der Waals surface area (Å²) in [5, 5.41) is 10.9. The van der Waals surface area contributed by atoms with E-state index in [1.165, 1.54) is 6.42 Å². The predicted octanol–water partition coefficient (Wildman–Crippen LogP) is 3.36. The Hall–Kier alpha value is -2.93. The first-order valence-electron chi connectivity index (χ1n) is 8.75. The molecule has 1 fully saturated rings. The summed E-state index contributed by atoms with van der Waals surface area (Å²) < 4.78 is 12.8. The second-order valence-corrected chi connectivity index (χ2v) is 6.34. The van der Waals surface area contributed by atoms with Crippen LogP contribution in [0.2, 0.25) is 0 Å². The van der Waals surface area contributed by atoms with E-state index < -0.39 is 0 Å². The second-order valence-electron chi connectivity index (χ2n) is 6.34. The molecule has 1 aromatic carbocycles. The normalized spacial score (nSPS) is 17.2. The molecule has 7 nitrogen and oxygen atoms in total. The number of benzene rings is 1. The fraction of sp³-hybridized carbons (Fsp3) is 0.316. The molecule has 0 saturated carbocycles. The van der Waals surface area contributed by atoms with Gasteiger partial charge in [-0.2, -0.15) is 5.10 Å². The Balaban J connectivity index is 1.38. The molecule has 1 N–H and O–H groups in total. The lowest BCUT2D eigenvalue weighted by Gasteiger charge is -2.22. The van der Waals surface area contributed by atoms with Gasteiger partial charge in [0, 0.05) is 24.4 Å². The number of aromatic nitrogens is 3. The minimum atomic E-state index is -0.329. The van der Waals surface area contributed by atoms with Gasteiger partial charge in [-0.1, -0.05) is 35.5 Å². The van der Waals surface area contributed by atoms with Gasteiger partial charge in [0.25, 0.3) is 5.91 Å². The smallest absolute Gasteiger partial charge is 0.277 e. The first kappa shape index (κ1) is 16.5. The van der Waals surface area contributed by atoms with Gasteiger partial charge in [0.05, 0.1) is 24.5 Å². The summed E-state index contributed by atoms with van der Waals surface area (Å²) in [5.41, 5.74) is 1.72. The molecule has 3 aromatic rings. The van der Waals surface area contributed by atoms with E-state index in [4.69, 9.17) is 9.26 Å². The lowest BCUT2D eigenvalue weighted by atomic mass is 10.1. The van der Waals surface area contributed by atoms with E-state index in [1.54, 1.807) is 23.1 Å². The average molecular weight is 352 g/mol. The molecule has 2 aromatic heterocycles. The van der Waals surface area contributed by atoms with Crippen molar-refractivity contribution in [3.63, 3.8) is 0 Å². The van der Waals surface area contributed by atoms with Gasteiger partial charge in [-0.25, -0.2) is 0 Å². The Morgan fingerprint density at radius 1 is 1.27 bits per heavy atom. The number of carbonyl (C=O) groups is 1. The number of anilines is 1. The summed E-state index contributed by atoms with van der Waals surface area (Å²) in [7, 11) is 0. The minimum absolute atomic E-state index is 0.191. The fourth-order valence-electron chi connectivity index (χ4n) is 3.00. The summed E-state index contributed by atoms with van der Waals surface area (Å²) in [4.78, 5) is 12.4. The van der Waals surface area contributed by atoms with Crippen LogP contribution < -0.4 is 5.32 Å². The Labute approximate surface area is 150 Å². The summed E-state index contributed by atoms with van der Waals surface area (Å²) in [6.07, 6.45) is 6.97. The predicted molar refractivity (Wildman–Crippen MR) is 95.7 cm³/mol. The lowest BCUT2D eigenvalue weighted by Crippen LogP contribution is -2.24. The number of hydrogen-bond donors (Lipinski definition) is 1. The van der Waals surface area contributed by atoms with Crippen molar-refractivity contribution in [2.75, 3.05) is 11.9 Å². The van der Waals surface area contributed by atoms with Crippen LogP contribution in [0, 0.1) is 0 Å². The van der Waals surface area contributed by atoms with Crippen LogP contribution in [0.25, 0.3) is 11.3 Å².